The molecule has 0 amide bonds. The Morgan fingerprint density at radius 1 is 1.47 bits per heavy atom. The van der Waals surface area contributed by atoms with Crippen molar-refractivity contribution in [2.75, 3.05) is 14.1 Å². The van der Waals surface area contributed by atoms with Crippen molar-refractivity contribution >= 4 is 5.97 Å². The lowest BCUT2D eigenvalue weighted by atomic mass is 10.0. The second kappa shape index (κ2) is 4.40. The molecule has 1 aromatic rings. The molecule has 0 saturated heterocycles. The second-order valence-corrected chi connectivity index (χ2v) is 3.71. The predicted octanol–water partition coefficient (Wildman–Crippen LogP) is 1.82. The number of likely N-dealkylation sites (N-methyl/N-ethyl adjacent to an activating group) is 1. The number of hydrogen-bond acceptors (Lipinski definition) is 2. The first-order valence-corrected chi connectivity index (χ1v) is 4.58. The average molecular weight is 211 g/mol. The molecule has 1 atom stereocenters. The first-order chi connectivity index (χ1) is 6.93. The molecule has 4 heteroatoms. The van der Waals surface area contributed by atoms with E-state index in [1.165, 1.54) is 18.2 Å². The third-order valence-corrected chi connectivity index (χ3v) is 2.28. The van der Waals surface area contributed by atoms with Crippen molar-refractivity contribution in [2.45, 2.75) is 13.0 Å². The summed E-state index contributed by atoms with van der Waals surface area (Å²) < 4.78 is 12.9. The molecule has 0 aromatic heterocycles. The van der Waals surface area contributed by atoms with Crippen LogP contribution in [0.1, 0.15) is 17.2 Å². The van der Waals surface area contributed by atoms with Gasteiger partial charge in [-0.05, 0) is 44.3 Å². The van der Waals surface area contributed by atoms with Gasteiger partial charge in [0.25, 0.3) is 0 Å². The van der Waals surface area contributed by atoms with Crippen molar-refractivity contribution in [1.29, 1.82) is 0 Å². The maximum atomic E-state index is 12.9. The number of rotatable bonds is 3. The quantitative estimate of drug-likeness (QED) is 0.829. The summed E-state index contributed by atoms with van der Waals surface area (Å²) in [5, 5.41) is 9.06. The monoisotopic (exact) mass is 211 g/mol. The van der Waals surface area contributed by atoms with Crippen LogP contribution in [0.25, 0.3) is 0 Å². The minimum atomic E-state index is -0.935. The summed E-state index contributed by atoms with van der Waals surface area (Å²) in [6, 6.07) is 3.41. The zero-order chi connectivity index (χ0) is 11.6. The molecule has 0 spiro atoms. The van der Waals surface area contributed by atoms with Gasteiger partial charge in [0, 0.05) is 0 Å². The lowest BCUT2D eigenvalue weighted by Gasteiger charge is -2.21. The molecule has 0 saturated carbocycles. The van der Waals surface area contributed by atoms with E-state index in [9.17, 15) is 9.18 Å². The topological polar surface area (TPSA) is 40.5 Å². The number of halogens is 1. The largest absolute Gasteiger partial charge is 0.480 e. The molecule has 0 heterocycles. The fraction of sp³-hybridized carbons (Fsp3) is 0.364. The lowest BCUT2D eigenvalue weighted by Crippen LogP contribution is -2.28. The maximum absolute atomic E-state index is 12.9. The van der Waals surface area contributed by atoms with Gasteiger partial charge in [-0.3, -0.25) is 9.69 Å². The Labute approximate surface area is 88.1 Å². The zero-order valence-electron chi connectivity index (χ0n) is 8.99. The first-order valence-electron chi connectivity index (χ1n) is 4.58. The summed E-state index contributed by atoms with van der Waals surface area (Å²) in [5.41, 5.74) is 1.27. The summed E-state index contributed by atoms with van der Waals surface area (Å²) >= 11 is 0. The number of benzene rings is 1. The summed E-state index contributed by atoms with van der Waals surface area (Å²) in [6.07, 6.45) is 0. The van der Waals surface area contributed by atoms with Crippen LogP contribution in [-0.2, 0) is 4.79 Å². The molecule has 1 aromatic carbocycles. The molecule has 82 valence electrons. The van der Waals surface area contributed by atoms with E-state index in [0.29, 0.717) is 11.1 Å². The van der Waals surface area contributed by atoms with Gasteiger partial charge < -0.3 is 5.11 Å². The van der Waals surface area contributed by atoms with Crippen LogP contribution < -0.4 is 0 Å². The molecule has 0 aliphatic heterocycles. The average Bonchev–Trinajstić information content (AvgIpc) is 2.08. The zero-order valence-corrected chi connectivity index (χ0v) is 8.99. The first kappa shape index (κ1) is 11.7. The Kier molecular flexibility index (Phi) is 3.42. The van der Waals surface area contributed by atoms with Crippen LogP contribution in [0.15, 0.2) is 18.2 Å². The van der Waals surface area contributed by atoms with Crippen molar-refractivity contribution in [3.63, 3.8) is 0 Å². The minimum absolute atomic E-state index is 0.348. The third kappa shape index (κ3) is 2.53. The van der Waals surface area contributed by atoms with Gasteiger partial charge in [-0.1, -0.05) is 6.07 Å². The van der Waals surface area contributed by atoms with Crippen molar-refractivity contribution in [1.82, 2.24) is 4.90 Å². The third-order valence-electron chi connectivity index (χ3n) is 2.28. The normalized spacial score (nSPS) is 12.9. The highest BCUT2D eigenvalue weighted by molar-refractivity contribution is 5.76. The molecule has 0 radical (unpaired) electrons. The SMILES string of the molecule is Cc1cc(F)ccc1C(C(=O)O)N(C)C. The van der Waals surface area contributed by atoms with Crippen LogP contribution in [0.4, 0.5) is 4.39 Å². The second-order valence-electron chi connectivity index (χ2n) is 3.71. The van der Waals surface area contributed by atoms with E-state index in [1.807, 2.05) is 0 Å². The van der Waals surface area contributed by atoms with Crippen molar-refractivity contribution in [3.8, 4) is 0 Å². The van der Waals surface area contributed by atoms with Gasteiger partial charge in [0.05, 0.1) is 0 Å². The number of carboxylic acid groups (broad SMARTS) is 1. The summed E-state index contributed by atoms with van der Waals surface area (Å²) in [6.45, 7) is 1.71. The Morgan fingerprint density at radius 2 is 2.07 bits per heavy atom. The maximum Gasteiger partial charge on any atom is 0.325 e. The molecular formula is C11H14FNO2. The fourth-order valence-electron chi connectivity index (χ4n) is 1.58. The molecule has 15 heavy (non-hydrogen) atoms. The van der Waals surface area contributed by atoms with Gasteiger partial charge in [-0.25, -0.2) is 4.39 Å². The smallest absolute Gasteiger partial charge is 0.325 e. The van der Waals surface area contributed by atoms with E-state index in [4.69, 9.17) is 5.11 Å². The Bertz CT molecular complexity index is 377. The number of aliphatic carboxylic acids is 1. The summed E-state index contributed by atoms with van der Waals surface area (Å²) in [5.74, 6) is -1.28. The standard InChI is InChI=1S/C11H14FNO2/c1-7-6-8(12)4-5-9(7)10(11(14)15)13(2)3/h4-6,10H,1-3H3,(H,14,15). The summed E-state index contributed by atoms with van der Waals surface area (Å²) in [7, 11) is 3.36. The Morgan fingerprint density at radius 3 is 2.47 bits per heavy atom. The highest BCUT2D eigenvalue weighted by Crippen LogP contribution is 2.22. The minimum Gasteiger partial charge on any atom is -0.480 e. The lowest BCUT2D eigenvalue weighted by molar-refractivity contribution is -0.142. The van der Waals surface area contributed by atoms with E-state index in [1.54, 1.807) is 25.9 Å². The molecule has 3 nitrogen and oxygen atoms in total. The van der Waals surface area contributed by atoms with E-state index in [-0.39, 0.29) is 5.82 Å². The van der Waals surface area contributed by atoms with E-state index in [2.05, 4.69) is 0 Å². The van der Waals surface area contributed by atoms with Crippen molar-refractivity contribution in [3.05, 3.63) is 35.1 Å². The Balaban J connectivity index is 3.17. The van der Waals surface area contributed by atoms with Gasteiger partial charge in [0.2, 0.25) is 0 Å². The molecule has 0 aliphatic carbocycles. The fourth-order valence-corrected chi connectivity index (χ4v) is 1.58. The number of hydrogen-bond donors (Lipinski definition) is 1. The van der Waals surface area contributed by atoms with Gasteiger partial charge in [0.1, 0.15) is 11.9 Å². The van der Waals surface area contributed by atoms with Crippen LogP contribution in [0.3, 0.4) is 0 Å². The van der Waals surface area contributed by atoms with Crippen LogP contribution in [0.2, 0.25) is 0 Å². The molecule has 1 unspecified atom stereocenters. The summed E-state index contributed by atoms with van der Waals surface area (Å²) in [4.78, 5) is 12.6. The highest BCUT2D eigenvalue weighted by atomic mass is 19.1. The van der Waals surface area contributed by atoms with Gasteiger partial charge in [0.15, 0.2) is 0 Å². The number of nitrogens with zero attached hydrogens (tertiary/aromatic N) is 1. The number of carboxylic acids is 1. The van der Waals surface area contributed by atoms with Gasteiger partial charge in [-0.15, -0.1) is 0 Å². The highest BCUT2D eigenvalue weighted by Gasteiger charge is 2.23. The van der Waals surface area contributed by atoms with Crippen molar-refractivity contribution in [2.24, 2.45) is 0 Å². The number of aryl methyl sites for hydroxylation is 1. The molecule has 1 rings (SSSR count). The van der Waals surface area contributed by atoms with Crippen LogP contribution in [-0.4, -0.2) is 30.1 Å². The van der Waals surface area contributed by atoms with Crippen LogP contribution in [0, 0.1) is 12.7 Å². The Hall–Kier alpha value is -1.42. The van der Waals surface area contributed by atoms with Crippen LogP contribution in [0.5, 0.6) is 0 Å². The predicted molar refractivity (Wildman–Crippen MR) is 55.2 cm³/mol. The molecular weight excluding hydrogens is 197 g/mol. The molecule has 0 aliphatic rings. The van der Waals surface area contributed by atoms with E-state index >= 15 is 0 Å². The number of carbonyl (C=O) groups is 1. The molecule has 1 N–H and O–H groups in total. The molecule has 0 bridgehead atoms. The van der Waals surface area contributed by atoms with Crippen molar-refractivity contribution < 1.29 is 14.3 Å². The van der Waals surface area contributed by atoms with Gasteiger partial charge in [-0.2, -0.15) is 0 Å². The molecule has 0 fully saturated rings. The van der Waals surface area contributed by atoms with Crippen LogP contribution >= 0.6 is 0 Å². The van der Waals surface area contributed by atoms with E-state index < -0.39 is 12.0 Å². The van der Waals surface area contributed by atoms with Gasteiger partial charge >= 0.3 is 5.97 Å². The van der Waals surface area contributed by atoms with E-state index in [0.717, 1.165) is 0 Å².